The molecule has 0 aromatic carbocycles. The second kappa shape index (κ2) is 4.89. The van der Waals surface area contributed by atoms with E-state index in [0.29, 0.717) is 6.42 Å². The SMILES string of the molecule is Cc1cc2nc(C)c(CCC(=O)N3CCC3)c(C)n2n1. The number of likely N-dealkylation sites (tertiary alicyclic amines) is 1. The molecule has 2 aromatic heterocycles. The lowest BCUT2D eigenvalue weighted by atomic mass is 10.1. The third kappa shape index (κ3) is 2.17. The molecule has 0 spiro atoms. The van der Waals surface area contributed by atoms with Gasteiger partial charge in [-0.15, -0.1) is 0 Å². The van der Waals surface area contributed by atoms with Crippen LogP contribution in [0.5, 0.6) is 0 Å². The monoisotopic (exact) mass is 272 g/mol. The summed E-state index contributed by atoms with van der Waals surface area (Å²) in [4.78, 5) is 18.5. The highest BCUT2D eigenvalue weighted by atomic mass is 16.2. The van der Waals surface area contributed by atoms with Crippen LogP contribution in [0.4, 0.5) is 0 Å². The Balaban J connectivity index is 1.84. The number of amides is 1. The van der Waals surface area contributed by atoms with Gasteiger partial charge in [0, 0.05) is 37.0 Å². The Labute approximate surface area is 118 Å². The molecule has 5 heteroatoms. The first-order valence-corrected chi connectivity index (χ1v) is 7.16. The number of nitrogens with zero attached hydrogens (tertiary/aromatic N) is 4. The summed E-state index contributed by atoms with van der Waals surface area (Å²) in [5, 5.41) is 4.46. The third-order valence-electron chi connectivity index (χ3n) is 4.08. The normalized spacial score (nSPS) is 14.7. The standard InChI is InChI=1S/C15H20N4O/c1-10-9-14-16-11(2)13(12(3)19(14)17-10)5-6-15(20)18-7-4-8-18/h9H,4-8H2,1-3H3. The average Bonchev–Trinajstić information content (AvgIpc) is 2.67. The molecule has 3 rings (SSSR count). The van der Waals surface area contributed by atoms with E-state index in [4.69, 9.17) is 0 Å². The van der Waals surface area contributed by atoms with E-state index in [-0.39, 0.29) is 5.91 Å². The van der Waals surface area contributed by atoms with E-state index < -0.39 is 0 Å². The third-order valence-corrected chi connectivity index (χ3v) is 4.08. The summed E-state index contributed by atoms with van der Waals surface area (Å²) in [7, 11) is 0. The zero-order chi connectivity index (χ0) is 14.3. The first-order valence-electron chi connectivity index (χ1n) is 7.16. The lowest BCUT2D eigenvalue weighted by Gasteiger charge is -2.31. The fourth-order valence-electron chi connectivity index (χ4n) is 2.76. The Morgan fingerprint density at radius 1 is 1.30 bits per heavy atom. The molecule has 20 heavy (non-hydrogen) atoms. The Kier molecular flexibility index (Phi) is 3.20. The van der Waals surface area contributed by atoms with Crippen molar-refractivity contribution in [2.75, 3.05) is 13.1 Å². The molecule has 0 bridgehead atoms. The molecule has 0 saturated carbocycles. The molecule has 1 aliphatic heterocycles. The van der Waals surface area contributed by atoms with E-state index in [1.165, 1.54) is 0 Å². The summed E-state index contributed by atoms with van der Waals surface area (Å²) in [5.74, 6) is 0.256. The van der Waals surface area contributed by atoms with Crippen LogP contribution < -0.4 is 0 Å². The predicted molar refractivity (Wildman–Crippen MR) is 76.7 cm³/mol. The highest BCUT2D eigenvalue weighted by molar-refractivity contribution is 5.77. The van der Waals surface area contributed by atoms with Gasteiger partial charge in [-0.2, -0.15) is 5.10 Å². The van der Waals surface area contributed by atoms with Gasteiger partial charge in [-0.3, -0.25) is 4.79 Å². The molecule has 0 unspecified atom stereocenters. The van der Waals surface area contributed by atoms with E-state index >= 15 is 0 Å². The highest BCUT2D eigenvalue weighted by Crippen LogP contribution is 2.18. The summed E-state index contributed by atoms with van der Waals surface area (Å²) < 4.78 is 1.88. The van der Waals surface area contributed by atoms with Crippen molar-refractivity contribution in [2.24, 2.45) is 0 Å². The molecule has 2 aromatic rings. The molecule has 1 fully saturated rings. The van der Waals surface area contributed by atoms with Gasteiger partial charge in [0.1, 0.15) is 0 Å². The number of carbonyl (C=O) groups excluding carboxylic acids is 1. The van der Waals surface area contributed by atoms with Crippen LogP contribution in [-0.4, -0.2) is 38.5 Å². The van der Waals surface area contributed by atoms with Gasteiger partial charge in [-0.05, 0) is 39.2 Å². The number of hydrogen-bond acceptors (Lipinski definition) is 3. The van der Waals surface area contributed by atoms with Gasteiger partial charge in [0.2, 0.25) is 5.91 Å². The number of aryl methyl sites for hydroxylation is 3. The number of aromatic nitrogens is 3. The summed E-state index contributed by atoms with van der Waals surface area (Å²) in [6, 6.07) is 1.98. The van der Waals surface area contributed by atoms with Crippen molar-refractivity contribution < 1.29 is 4.79 Å². The molecule has 5 nitrogen and oxygen atoms in total. The molecule has 0 N–H and O–H groups in total. The minimum Gasteiger partial charge on any atom is -0.343 e. The maximum atomic E-state index is 12.0. The van der Waals surface area contributed by atoms with Crippen LogP contribution in [0.3, 0.4) is 0 Å². The van der Waals surface area contributed by atoms with Crippen LogP contribution >= 0.6 is 0 Å². The van der Waals surface area contributed by atoms with Crippen molar-refractivity contribution in [3.05, 3.63) is 28.7 Å². The van der Waals surface area contributed by atoms with Crippen LogP contribution in [-0.2, 0) is 11.2 Å². The van der Waals surface area contributed by atoms with E-state index in [1.807, 2.05) is 29.3 Å². The van der Waals surface area contributed by atoms with Crippen LogP contribution in [0.1, 0.15) is 35.5 Å². The molecular formula is C15H20N4O. The zero-order valence-electron chi connectivity index (χ0n) is 12.3. The lowest BCUT2D eigenvalue weighted by Crippen LogP contribution is -2.42. The van der Waals surface area contributed by atoms with E-state index in [2.05, 4.69) is 17.0 Å². The fraction of sp³-hybridized carbons (Fsp3) is 0.533. The van der Waals surface area contributed by atoms with Gasteiger partial charge >= 0.3 is 0 Å². The molecular weight excluding hydrogens is 252 g/mol. The minimum absolute atomic E-state index is 0.256. The van der Waals surface area contributed by atoms with Gasteiger partial charge in [-0.25, -0.2) is 9.50 Å². The van der Waals surface area contributed by atoms with Gasteiger partial charge < -0.3 is 4.90 Å². The summed E-state index contributed by atoms with van der Waals surface area (Å²) in [6.07, 6.45) is 2.45. The van der Waals surface area contributed by atoms with Gasteiger partial charge in [0.05, 0.1) is 5.69 Å². The largest absolute Gasteiger partial charge is 0.343 e. The summed E-state index contributed by atoms with van der Waals surface area (Å²) in [5.41, 5.74) is 5.10. The average molecular weight is 272 g/mol. The zero-order valence-corrected chi connectivity index (χ0v) is 12.3. The van der Waals surface area contributed by atoms with Crippen LogP contribution in [0, 0.1) is 20.8 Å². The molecule has 3 heterocycles. The van der Waals surface area contributed by atoms with Crippen molar-refractivity contribution in [1.29, 1.82) is 0 Å². The number of hydrogen-bond donors (Lipinski definition) is 0. The van der Waals surface area contributed by atoms with Gasteiger partial charge in [-0.1, -0.05) is 0 Å². The van der Waals surface area contributed by atoms with Crippen molar-refractivity contribution in [3.63, 3.8) is 0 Å². The summed E-state index contributed by atoms with van der Waals surface area (Å²) >= 11 is 0. The van der Waals surface area contributed by atoms with Crippen LogP contribution in [0.2, 0.25) is 0 Å². The Morgan fingerprint density at radius 2 is 2.05 bits per heavy atom. The number of fused-ring (bicyclic) bond motifs is 1. The van der Waals surface area contributed by atoms with Crippen LogP contribution in [0.15, 0.2) is 6.07 Å². The smallest absolute Gasteiger partial charge is 0.222 e. The fourth-order valence-corrected chi connectivity index (χ4v) is 2.76. The van der Waals surface area contributed by atoms with Crippen molar-refractivity contribution in [3.8, 4) is 0 Å². The van der Waals surface area contributed by atoms with Gasteiger partial charge in [0.25, 0.3) is 0 Å². The molecule has 0 radical (unpaired) electrons. The molecule has 1 saturated heterocycles. The van der Waals surface area contributed by atoms with Crippen molar-refractivity contribution in [2.45, 2.75) is 40.0 Å². The maximum Gasteiger partial charge on any atom is 0.222 e. The molecule has 1 aliphatic rings. The van der Waals surface area contributed by atoms with Crippen LogP contribution in [0.25, 0.3) is 5.65 Å². The Hall–Kier alpha value is -1.91. The van der Waals surface area contributed by atoms with E-state index in [1.54, 1.807) is 0 Å². The Bertz CT molecular complexity index is 670. The topological polar surface area (TPSA) is 50.5 Å². The minimum atomic E-state index is 0.256. The second-order valence-corrected chi connectivity index (χ2v) is 5.55. The lowest BCUT2D eigenvalue weighted by molar-refractivity contribution is -0.134. The first-order chi connectivity index (χ1) is 9.56. The van der Waals surface area contributed by atoms with E-state index in [0.717, 1.165) is 54.2 Å². The van der Waals surface area contributed by atoms with Gasteiger partial charge in [0.15, 0.2) is 5.65 Å². The second-order valence-electron chi connectivity index (χ2n) is 5.55. The molecule has 0 aliphatic carbocycles. The first kappa shape index (κ1) is 13.1. The van der Waals surface area contributed by atoms with E-state index in [9.17, 15) is 4.79 Å². The molecule has 0 atom stereocenters. The number of carbonyl (C=O) groups is 1. The quantitative estimate of drug-likeness (QED) is 0.856. The highest BCUT2D eigenvalue weighted by Gasteiger charge is 2.20. The molecule has 1 amide bonds. The predicted octanol–water partition coefficient (Wildman–Crippen LogP) is 1.82. The summed E-state index contributed by atoms with van der Waals surface area (Å²) in [6.45, 7) is 7.88. The van der Waals surface area contributed by atoms with Crippen molar-refractivity contribution >= 4 is 11.6 Å². The Morgan fingerprint density at radius 3 is 2.70 bits per heavy atom. The maximum absolute atomic E-state index is 12.0. The van der Waals surface area contributed by atoms with Crippen molar-refractivity contribution in [1.82, 2.24) is 19.5 Å². The number of rotatable bonds is 3. The molecule has 106 valence electrons.